The minimum Gasteiger partial charge on any atom is -0.309 e. The first-order valence-corrected chi connectivity index (χ1v) is 17.8. The van der Waals surface area contributed by atoms with Crippen molar-refractivity contribution in [1.82, 2.24) is 9.13 Å². The van der Waals surface area contributed by atoms with Crippen LogP contribution in [0.5, 0.6) is 0 Å². The van der Waals surface area contributed by atoms with Gasteiger partial charge in [0, 0.05) is 47.4 Å². The number of amides is 2. The predicted molar refractivity (Wildman–Crippen MR) is 210 cm³/mol. The zero-order valence-electron chi connectivity index (χ0n) is 27.4. The summed E-state index contributed by atoms with van der Waals surface area (Å²) in [6.07, 6.45) is 0. The van der Waals surface area contributed by atoms with E-state index in [-0.39, 0.29) is 11.3 Å². The van der Waals surface area contributed by atoms with Gasteiger partial charge in [-0.05, 0) is 72.8 Å². The molecule has 7 heteroatoms. The lowest BCUT2D eigenvalue weighted by Gasteiger charge is -2.21. The van der Waals surface area contributed by atoms with Gasteiger partial charge in [0.1, 0.15) is 6.07 Å². The maximum absolute atomic E-state index is 13.9. The van der Waals surface area contributed by atoms with Gasteiger partial charge in [-0.15, -0.1) is 11.3 Å². The van der Waals surface area contributed by atoms with Crippen LogP contribution in [0.1, 0.15) is 26.3 Å². The Hall–Kier alpha value is -7.01. The molecule has 0 spiro atoms. The van der Waals surface area contributed by atoms with Gasteiger partial charge in [-0.1, -0.05) is 72.8 Å². The van der Waals surface area contributed by atoms with Crippen LogP contribution in [-0.4, -0.2) is 20.9 Å². The van der Waals surface area contributed by atoms with Gasteiger partial charge in [-0.25, -0.2) is 4.90 Å². The number of para-hydroxylation sites is 3. The highest BCUT2D eigenvalue weighted by Gasteiger charge is 2.39. The lowest BCUT2D eigenvalue weighted by molar-refractivity contribution is 0.0926. The second-order valence-electron chi connectivity index (χ2n) is 13.1. The first-order valence-electron chi connectivity index (χ1n) is 17.0. The molecule has 6 nitrogen and oxygen atoms in total. The number of hydrogen-bond acceptors (Lipinski definition) is 4. The molecule has 0 saturated heterocycles. The average molecular weight is 685 g/mol. The highest BCUT2D eigenvalue weighted by Crippen LogP contribution is 2.45. The number of hydrogen-bond donors (Lipinski definition) is 0. The number of nitriles is 1. The molecule has 0 unspecified atom stereocenters. The molecule has 0 saturated carbocycles. The number of imide groups is 1. The fraction of sp³-hybridized carbons (Fsp3) is 0. The molecule has 10 aromatic rings. The number of carbonyl (C=O) groups is 2. The molecule has 0 radical (unpaired) electrons. The van der Waals surface area contributed by atoms with Crippen molar-refractivity contribution in [1.29, 1.82) is 5.26 Å². The molecule has 242 valence electrons. The molecular weight excluding hydrogens is 661 g/mol. The van der Waals surface area contributed by atoms with E-state index in [2.05, 4.69) is 106 Å². The second-order valence-corrected chi connectivity index (χ2v) is 14.2. The van der Waals surface area contributed by atoms with Crippen LogP contribution in [0.15, 0.2) is 146 Å². The number of benzene rings is 7. The largest absolute Gasteiger partial charge is 0.309 e. The SMILES string of the molecule is N#Cc1cccc(-n2c3ccccc3c3c4c5ccccc5n(-c5ccc6sc7ccccc7c6c5)c4ccc32)c1N1C(=O)c2ccccc2C1=O. The van der Waals surface area contributed by atoms with Gasteiger partial charge >= 0.3 is 0 Å². The molecule has 11 rings (SSSR count). The van der Waals surface area contributed by atoms with Crippen LogP contribution in [0.3, 0.4) is 0 Å². The third-order valence-electron chi connectivity index (χ3n) is 10.5. The molecule has 0 bridgehead atoms. The Bertz CT molecular complexity index is 3230. The highest BCUT2D eigenvalue weighted by molar-refractivity contribution is 7.25. The summed E-state index contributed by atoms with van der Waals surface area (Å²) in [6, 6.07) is 50.8. The fourth-order valence-corrected chi connectivity index (χ4v) is 9.42. The third-order valence-corrected chi connectivity index (χ3v) is 11.6. The molecule has 52 heavy (non-hydrogen) atoms. The molecule has 7 aromatic carbocycles. The Kier molecular flexibility index (Phi) is 5.81. The van der Waals surface area contributed by atoms with Crippen molar-refractivity contribution in [3.05, 3.63) is 162 Å². The number of rotatable bonds is 3. The molecule has 4 heterocycles. The monoisotopic (exact) mass is 684 g/mol. The highest BCUT2D eigenvalue weighted by atomic mass is 32.1. The van der Waals surface area contributed by atoms with Crippen molar-refractivity contribution in [2.24, 2.45) is 0 Å². The molecule has 0 fully saturated rings. The van der Waals surface area contributed by atoms with E-state index in [0.29, 0.717) is 16.8 Å². The number of thiophene rings is 1. The van der Waals surface area contributed by atoms with Gasteiger partial charge in [0.15, 0.2) is 0 Å². The van der Waals surface area contributed by atoms with Crippen LogP contribution < -0.4 is 4.90 Å². The Labute approximate surface area is 300 Å². The summed E-state index contributed by atoms with van der Waals surface area (Å²) in [5.41, 5.74) is 6.82. The molecular formula is C45H24N4O2S. The van der Waals surface area contributed by atoms with E-state index in [4.69, 9.17) is 0 Å². The Morgan fingerprint density at radius 3 is 1.77 bits per heavy atom. The molecule has 1 aliphatic heterocycles. The Balaban J connectivity index is 1.23. The maximum atomic E-state index is 13.9. The predicted octanol–water partition coefficient (Wildman–Crippen LogP) is 10.9. The van der Waals surface area contributed by atoms with E-state index in [9.17, 15) is 14.9 Å². The lowest BCUT2D eigenvalue weighted by atomic mass is 10.1. The Morgan fingerprint density at radius 1 is 0.500 bits per heavy atom. The number of anilines is 1. The summed E-state index contributed by atoms with van der Waals surface area (Å²) in [7, 11) is 0. The normalized spacial score (nSPS) is 13.0. The summed E-state index contributed by atoms with van der Waals surface area (Å²) < 4.78 is 6.97. The van der Waals surface area contributed by atoms with Crippen LogP contribution in [0, 0.1) is 11.3 Å². The van der Waals surface area contributed by atoms with Gasteiger partial charge in [0.05, 0.1) is 50.1 Å². The number of aromatic nitrogens is 2. The van der Waals surface area contributed by atoms with Crippen LogP contribution in [-0.2, 0) is 0 Å². The zero-order valence-corrected chi connectivity index (χ0v) is 28.2. The molecule has 3 aromatic heterocycles. The number of fused-ring (bicyclic) bond motifs is 11. The quantitative estimate of drug-likeness (QED) is 0.174. The van der Waals surface area contributed by atoms with E-state index in [1.54, 1.807) is 30.3 Å². The van der Waals surface area contributed by atoms with E-state index in [0.717, 1.165) is 49.3 Å². The van der Waals surface area contributed by atoms with Gasteiger partial charge < -0.3 is 9.13 Å². The zero-order chi connectivity index (χ0) is 34.7. The summed E-state index contributed by atoms with van der Waals surface area (Å²) in [6.45, 7) is 0. The first-order chi connectivity index (χ1) is 25.6. The van der Waals surface area contributed by atoms with E-state index < -0.39 is 11.8 Å². The van der Waals surface area contributed by atoms with Crippen molar-refractivity contribution in [3.63, 3.8) is 0 Å². The molecule has 1 aliphatic rings. The van der Waals surface area contributed by atoms with Crippen molar-refractivity contribution in [2.45, 2.75) is 0 Å². The topological polar surface area (TPSA) is 71.0 Å². The van der Waals surface area contributed by atoms with Crippen LogP contribution in [0.25, 0.3) is 75.2 Å². The number of carbonyl (C=O) groups excluding carboxylic acids is 2. The summed E-state index contributed by atoms with van der Waals surface area (Å²) in [5.74, 6) is -0.878. The van der Waals surface area contributed by atoms with Gasteiger partial charge in [0.25, 0.3) is 11.8 Å². The minimum atomic E-state index is -0.439. The standard InChI is InChI=1S/C45H24N4O2S/c46-25-26-10-9-18-38(43(26)49-44(50)29-12-1-2-13-30(29)45(49)51)48-35-17-7-4-15-32(35)42-37(48)22-21-36-41(42)31-14-3-6-16-34(31)47(36)27-20-23-40-33(24-27)28-11-5-8-19-39(28)52-40/h1-24H. The smallest absolute Gasteiger partial charge is 0.266 e. The van der Waals surface area contributed by atoms with Gasteiger partial charge in [-0.3, -0.25) is 9.59 Å². The molecule has 0 atom stereocenters. The molecule has 0 N–H and O–H groups in total. The van der Waals surface area contributed by atoms with Gasteiger partial charge in [-0.2, -0.15) is 5.26 Å². The van der Waals surface area contributed by atoms with E-state index >= 15 is 0 Å². The average Bonchev–Trinajstić information content (AvgIpc) is 3.90. The summed E-state index contributed by atoms with van der Waals surface area (Å²) in [5, 5.41) is 17.2. The Morgan fingerprint density at radius 2 is 1.08 bits per heavy atom. The fourth-order valence-electron chi connectivity index (χ4n) is 8.34. The first kappa shape index (κ1) is 28.8. The maximum Gasteiger partial charge on any atom is 0.266 e. The molecule has 0 aliphatic carbocycles. The third kappa shape index (κ3) is 3.71. The summed E-state index contributed by atoms with van der Waals surface area (Å²) in [4.78, 5) is 29.0. The van der Waals surface area contributed by atoms with Crippen molar-refractivity contribution in [3.8, 4) is 17.4 Å². The van der Waals surface area contributed by atoms with Crippen molar-refractivity contribution < 1.29 is 9.59 Å². The van der Waals surface area contributed by atoms with Crippen LogP contribution in [0.2, 0.25) is 0 Å². The van der Waals surface area contributed by atoms with E-state index in [1.807, 2.05) is 35.6 Å². The van der Waals surface area contributed by atoms with E-state index in [1.165, 1.54) is 25.1 Å². The molecule has 2 amide bonds. The van der Waals surface area contributed by atoms with Crippen molar-refractivity contribution >= 4 is 92.6 Å². The lowest BCUT2D eigenvalue weighted by Crippen LogP contribution is -2.31. The summed E-state index contributed by atoms with van der Waals surface area (Å²) >= 11 is 1.81. The van der Waals surface area contributed by atoms with Crippen LogP contribution >= 0.6 is 11.3 Å². The van der Waals surface area contributed by atoms with Crippen LogP contribution in [0.4, 0.5) is 5.69 Å². The number of nitrogens with zero attached hydrogens (tertiary/aromatic N) is 4. The minimum absolute atomic E-state index is 0.243. The van der Waals surface area contributed by atoms with Gasteiger partial charge in [0.2, 0.25) is 0 Å². The van der Waals surface area contributed by atoms with Crippen molar-refractivity contribution in [2.75, 3.05) is 4.90 Å². The second kappa shape index (κ2) is 10.5.